The normalized spacial score (nSPS) is 10.7. The van der Waals surface area contributed by atoms with Crippen molar-refractivity contribution < 1.29 is 0 Å². The Morgan fingerprint density at radius 2 is 2.06 bits per heavy atom. The van der Waals surface area contributed by atoms with Gasteiger partial charge in [-0.1, -0.05) is 23.8 Å². The van der Waals surface area contributed by atoms with Crippen molar-refractivity contribution in [2.24, 2.45) is 5.73 Å². The summed E-state index contributed by atoms with van der Waals surface area (Å²) in [7, 11) is 0. The van der Waals surface area contributed by atoms with Crippen LogP contribution in [0.25, 0.3) is 11.3 Å². The van der Waals surface area contributed by atoms with Crippen LogP contribution in [0.3, 0.4) is 0 Å². The number of nitrogens with zero attached hydrogens (tertiary/aromatic N) is 1. The standard InChI is InChI=1S/C13H17N3/c1-9-3-4-12(10(2)7-9)13-8-11(5-6-14)15-16-13/h3-4,7-8H,5-6,14H2,1-2H3,(H,15,16). The van der Waals surface area contributed by atoms with Crippen molar-refractivity contribution in [3.8, 4) is 11.3 Å². The van der Waals surface area contributed by atoms with Gasteiger partial charge in [0.2, 0.25) is 0 Å². The van der Waals surface area contributed by atoms with Crippen molar-refractivity contribution in [2.75, 3.05) is 6.54 Å². The molecular formula is C13H17N3. The third-order valence-corrected chi connectivity index (χ3v) is 2.70. The number of aromatic nitrogens is 2. The highest BCUT2D eigenvalue weighted by Crippen LogP contribution is 2.22. The molecule has 0 atom stereocenters. The molecule has 3 nitrogen and oxygen atoms in total. The molecule has 3 heteroatoms. The minimum Gasteiger partial charge on any atom is -0.330 e. The molecule has 1 heterocycles. The Hall–Kier alpha value is -1.61. The van der Waals surface area contributed by atoms with E-state index in [9.17, 15) is 0 Å². The minimum atomic E-state index is 0.647. The monoisotopic (exact) mass is 215 g/mol. The summed E-state index contributed by atoms with van der Waals surface area (Å²) in [6.45, 7) is 4.86. The van der Waals surface area contributed by atoms with Crippen molar-refractivity contribution in [2.45, 2.75) is 20.3 Å². The average molecular weight is 215 g/mol. The van der Waals surface area contributed by atoms with E-state index in [1.807, 2.05) is 0 Å². The number of H-pyrrole nitrogens is 1. The molecule has 84 valence electrons. The van der Waals surface area contributed by atoms with Gasteiger partial charge in [-0.05, 0) is 32.0 Å². The highest BCUT2D eigenvalue weighted by atomic mass is 15.1. The van der Waals surface area contributed by atoms with Gasteiger partial charge in [0.15, 0.2) is 0 Å². The van der Waals surface area contributed by atoms with Crippen LogP contribution in [-0.2, 0) is 6.42 Å². The van der Waals surface area contributed by atoms with E-state index in [0.717, 1.165) is 17.8 Å². The molecule has 0 radical (unpaired) electrons. The number of aryl methyl sites for hydroxylation is 2. The summed E-state index contributed by atoms with van der Waals surface area (Å²) in [5.74, 6) is 0. The molecule has 2 rings (SSSR count). The molecule has 0 amide bonds. The van der Waals surface area contributed by atoms with Crippen LogP contribution >= 0.6 is 0 Å². The number of benzene rings is 1. The average Bonchev–Trinajstić information content (AvgIpc) is 2.67. The Morgan fingerprint density at radius 3 is 2.75 bits per heavy atom. The Balaban J connectivity index is 2.35. The molecule has 0 aliphatic heterocycles. The number of rotatable bonds is 3. The second kappa shape index (κ2) is 4.49. The molecule has 0 aliphatic rings. The van der Waals surface area contributed by atoms with Crippen molar-refractivity contribution >= 4 is 0 Å². The zero-order chi connectivity index (χ0) is 11.5. The van der Waals surface area contributed by atoms with Crippen molar-refractivity contribution in [3.63, 3.8) is 0 Å². The molecule has 0 fully saturated rings. The molecule has 0 aliphatic carbocycles. The van der Waals surface area contributed by atoms with Gasteiger partial charge in [0, 0.05) is 17.7 Å². The molecule has 0 saturated carbocycles. The van der Waals surface area contributed by atoms with Gasteiger partial charge in [-0.2, -0.15) is 5.10 Å². The van der Waals surface area contributed by atoms with Crippen LogP contribution in [0.4, 0.5) is 0 Å². The first kappa shape index (κ1) is 10.9. The molecule has 3 N–H and O–H groups in total. The van der Waals surface area contributed by atoms with Crippen LogP contribution in [0, 0.1) is 13.8 Å². The minimum absolute atomic E-state index is 0.647. The Morgan fingerprint density at radius 1 is 1.25 bits per heavy atom. The highest BCUT2D eigenvalue weighted by molar-refractivity contribution is 5.64. The Labute approximate surface area is 95.7 Å². The van der Waals surface area contributed by atoms with Gasteiger partial charge in [-0.3, -0.25) is 5.10 Å². The maximum atomic E-state index is 5.51. The van der Waals surface area contributed by atoms with Gasteiger partial charge >= 0.3 is 0 Å². The lowest BCUT2D eigenvalue weighted by molar-refractivity contribution is 0.902. The lowest BCUT2D eigenvalue weighted by atomic mass is 10.0. The van der Waals surface area contributed by atoms with Crippen LogP contribution in [-0.4, -0.2) is 16.7 Å². The first-order chi connectivity index (χ1) is 7.70. The van der Waals surface area contributed by atoms with Crippen LogP contribution in [0.5, 0.6) is 0 Å². The second-order valence-corrected chi connectivity index (χ2v) is 4.14. The molecule has 1 aromatic carbocycles. The number of nitrogens with one attached hydrogen (secondary N) is 1. The van der Waals surface area contributed by atoms with Crippen LogP contribution in [0.1, 0.15) is 16.8 Å². The molecular weight excluding hydrogens is 198 g/mol. The molecule has 0 unspecified atom stereocenters. The molecule has 1 aromatic heterocycles. The molecule has 0 bridgehead atoms. The highest BCUT2D eigenvalue weighted by Gasteiger charge is 2.06. The maximum absolute atomic E-state index is 5.51. The van der Waals surface area contributed by atoms with E-state index in [2.05, 4.69) is 48.3 Å². The fourth-order valence-corrected chi connectivity index (χ4v) is 1.88. The van der Waals surface area contributed by atoms with E-state index >= 15 is 0 Å². The summed E-state index contributed by atoms with van der Waals surface area (Å²) < 4.78 is 0. The number of aromatic amines is 1. The first-order valence-electron chi connectivity index (χ1n) is 5.52. The lowest BCUT2D eigenvalue weighted by Crippen LogP contribution is -2.02. The van der Waals surface area contributed by atoms with Gasteiger partial charge in [0.25, 0.3) is 0 Å². The topological polar surface area (TPSA) is 54.7 Å². The van der Waals surface area contributed by atoms with E-state index < -0.39 is 0 Å². The third-order valence-electron chi connectivity index (χ3n) is 2.70. The second-order valence-electron chi connectivity index (χ2n) is 4.14. The van der Waals surface area contributed by atoms with E-state index in [4.69, 9.17) is 5.73 Å². The van der Waals surface area contributed by atoms with Crippen molar-refractivity contribution in [3.05, 3.63) is 41.1 Å². The predicted molar refractivity (Wildman–Crippen MR) is 66.3 cm³/mol. The smallest absolute Gasteiger partial charge is 0.0926 e. The lowest BCUT2D eigenvalue weighted by Gasteiger charge is -2.02. The zero-order valence-electron chi connectivity index (χ0n) is 9.75. The number of nitrogens with two attached hydrogens (primary N) is 1. The fourth-order valence-electron chi connectivity index (χ4n) is 1.88. The number of hydrogen-bond acceptors (Lipinski definition) is 2. The zero-order valence-corrected chi connectivity index (χ0v) is 9.75. The van der Waals surface area contributed by atoms with E-state index in [0.29, 0.717) is 6.54 Å². The first-order valence-corrected chi connectivity index (χ1v) is 5.52. The van der Waals surface area contributed by atoms with Gasteiger partial charge in [-0.25, -0.2) is 0 Å². The Bertz CT molecular complexity index is 486. The number of hydrogen-bond donors (Lipinski definition) is 2. The molecule has 0 spiro atoms. The van der Waals surface area contributed by atoms with Gasteiger partial charge in [-0.15, -0.1) is 0 Å². The van der Waals surface area contributed by atoms with E-state index in [1.165, 1.54) is 16.7 Å². The summed E-state index contributed by atoms with van der Waals surface area (Å²) >= 11 is 0. The summed E-state index contributed by atoms with van der Waals surface area (Å²) in [5.41, 5.74) is 11.3. The summed E-state index contributed by atoms with van der Waals surface area (Å²) in [4.78, 5) is 0. The largest absolute Gasteiger partial charge is 0.330 e. The fraction of sp³-hybridized carbons (Fsp3) is 0.308. The summed E-state index contributed by atoms with van der Waals surface area (Å²) in [5, 5.41) is 7.33. The van der Waals surface area contributed by atoms with Gasteiger partial charge in [0.05, 0.1) is 5.69 Å². The van der Waals surface area contributed by atoms with Crippen molar-refractivity contribution in [1.82, 2.24) is 10.2 Å². The summed E-state index contributed by atoms with van der Waals surface area (Å²) in [6.07, 6.45) is 0.845. The van der Waals surface area contributed by atoms with E-state index in [-0.39, 0.29) is 0 Å². The predicted octanol–water partition coefficient (Wildman–Crippen LogP) is 2.19. The van der Waals surface area contributed by atoms with Crippen LogP contribution < -0.4 is 5.73 Å². The summed E-state index contributed by atoms with van der Waals surface area (Å²) in [6, 6.07) is 8.48. The van der Waals surface area contributed by atoms with Gasteiger partial charge < -0.3 is 5.73 Å². The maximum Gasteiger partial charge on any atom is 0.0926 e. The molecule has 2 aromatic rings. The molecule has 0 saturated heterocycles. The molecule has 16 heavy (non-hydrogen) atoms. The van der Waals surface area contributed by atoms with E-state index in [1.54, 1.807) is 0 Å². The quantitative estimate of drug-likeness (QED) is 0.824. The van der Waals surface area contributed by atoms with Crippen molar-refractivity contribution in [1.29, 1.82) is 0 Å². The van der Waals surface area contributed by atoms with Gasteiger partial charge in [0.1, 0.15) is 0 Å². The SMILES string of the molecule is Cc1ccc(-c2cc(CCN)[nH]n2)c(C)c1. The third kappa shape index (κ3) is 2.14. The van der Waals surface area contributed by atoms with Crippen LogP contribution in [0.2, 0.25) is 0 Å². The van der Waals surface area contributed by atoms with Crippen LogP contribution in [0.15, 0.2) is 24.3 Å². The Kier molecular flexibility index (Phi) is 3.06.